The Labute approximate surface area is 111 Å². The lowest BCUT2D eigenvalue weighted by Gasteiger charge is -2.29. The summed E-state index contributed by atoms with van der Waals surface area (Å²) < 4.78 is 1.78. The molecular weight excluding hydrogens is 242 g/mol. The Hall–Kier alpha value is -1.88. The third-order valence-electron chi connectivity index (χ3n) is 3.79. The molecule has 0 aliphatic carbocycles. The quantitative estimate of drug-likeness (QED) is 0.894. The van der Waals surface area contributed by atoms with E-state index in [9.17, 15) is 9.90 Å². The van der Waals surface area contributed by atoms with Crippen LogP contribution in [-0.4, -0.2) is 45.5 Å². The van der Waals surface area contributed by atoms with Gasteiger partial charge in [0.05, 0.1) is 11.7 Å². The highest BCUT2D eigenvalue weighted by molar-refractivity contribution is 5.86. The third kappa shape index (κ3) is 2.10. The highest BCUT2D eigenvalue weighted by atomic mass is 16.4. The zero-order valence-electron chi connectivity index (χ0n) is 10.9. The zero-order valence-corrected chi connectivity index (χ0v) is 10.9. The van der Waals surface area contributed by atoms with E-state index in [1.165, 1.54) is 0 Å². The summed E-state index contributed by atoms with van der Waals surface area (Å²) in [6.45, 7) is 2.04. The first-order chi connectivity index (χ1) is 9.16. The molecule has 0 saturated carbocycles. The molecule has 1 atom stereocenters. The lowest BCUT2D eigenvalue weighted by Crippen LogP contribution is -2.32. The van der Waals surface area contributed by atoms with Gasteiger partial charge in [-0.05, 0) is 38.6 Å². The van der Waals surface area contributed by atoms with E-state index in [1.807, 2.05) is 6.07 Å². The number of imidazole rings is 1. The van der Waals surface area contributed by atoms with Crippen LogP contribution in [0.3, 0.4) is 0 Å². The third-order valence-corrected chi connectivity index (χ3v) is 3.79. The molecule has 100 valence electrons. The predicted octanol–water partition coefficient (Wildman–Crippen LogP) is 1.84. The van der Waals surface area contributed by atoms with Gasteiger partial charge in [-0.25, -0.2) is 9.78 Å². The summed E-state index contributed by atoms with van der Waals surface area (Å²) in [5.41, 5.74) is 1.14. The molecule has 1 unspecified atom stereocenters. The van der Waals surface area contributed by atoms with Gasteiger partial charge in [-0.2, -0.15) is 0 Å². The summed E-state index contributed by atoms with van der Waals surface area (Å²) >= 11 is 0. The highest BCUT2D eigenvalue weighted by Gasteiger charge is 2.24. The molecule has 3 rings (SSSR count). The van der Waals surface area contributed by atoms with Crippen molar-refractivity contribution in [1.82, 2.24) is 14.3 Å². The van der Waals surface area contributed by atoms with Crippen molar-refractivity contribution in [1.29, 1.82) is 0 Å². The maximum atomic E-state index is 11.4. The fraction of sp³-hybridized carbons (Fsp3) is 0.429. The number of carbonyl (C=O) groups is 1. The van der Waals surface area contributed by atoms with Gasteiger partial charge < -0.3 is 10.0 Å². The molecule has 5 heteroatoms. The number of likely N-dealkylation sites (N-methyl/N-ethyl adjacent to an activating group) is 1. The Kier molecular flexibility index (Phi) is 2.98. The molecule has 1 N–H and O–H groups in total. The van der Waals surface area contributed by atoms with Crippen molar-refractivity contribution >= 4 is 11.5 Å². The number of hydrogen-bond donors (Lipinski definition) is 1. The average Bonchev–Trinajstić information content (AvgIpc) is 2.82. The first-order valence-corrected chi connectivity index (χ1v) is 6.55. The van der Waals surface area contributed by atoms with E-state index in [0.29, 0.717) is 11.6 Å². The molecule has 19 heavy (non-hydrogen) atoms. The number of aromatic nitrogens is 2. The molecule has 5 nitrogen and oxygen atoms in total. The average molecular weight is 259 g/mol. The molecule has 1 aliphatic rings. The molecular formula is C14H17N3O2. The molecule has 0 amide bonds. The van der Waals surface area contributed by atoms with Gasteiger partial charge in [-0.1, -0.05) is 6.07 Å². The van der Waals surface area contributed by atoms with E-state index in [-0.39, 0.29) is 0 Å². The fourth-order valence-electron chi connectivity index (χ4n) is 2.90. The zero-order chi connectivity index (χ0) is 13.4. The van der Waals surface area contributed by atoms with Crippen LogP contribution < -0.4 is 0 Å². The smallest absolute Gasteiger partial charge is 0.352 e. The summed E-state index contributed by atoms with van der Waals surface area (Å²) in [4.78, 5) is 18.1. The Morgan fingerprint density at radius 2 is 2.32 bits per heavy atom. The van der Waals surface area contributed by atoms with Crippen LogP contribution in [0.4, 0.5) is 0 Å². The number of piperidine rings is 1. The van der Waals surface area contributed by atoms with Gasteiger partial charge in [0.1, 0.15) is 11.5 Å². The minimum atomic E-state index is -0.908. The van der Waals surface area contributed by atoms with Crippen molar-refractivity contribution in [2.24, 2.45) is 0 Å². The Morgan fingerprint density at radius 1 is 1.47 bits per heavy atom. The van der Waals surface area contributed by atoms with Gasteiger partial charge >= 0.3 is 5.97 Å². The molecule has 0 spiro atoms. The number of aromatic carboxylic acids is 1. The van der Waals surface area contributed by atoms with Crippen LogP contribution in [-0.2, 0) is 0 Å². The molecule has 1 saturated heterocycles. The normalized spacial score (nSPS) is 20.8. The molecule has 0 bridgehead atoms. The van der Waals surface area contributed by atoms with E-state index in [1.54, 1.807) is 22.7 Å². The molecule has 0 aromatic carbocycles. The largest absolute Gasteiger partial charge is 0.477 e. The van der Waals surface area contributed by atoms with Gasteiger partial charge in [0.15, 0.2) is 0 Å². The van der Waals surface area contributed by atoms with Crippen LogP contribution in [0, 0.1) is 0 Å². The maximum absolute atomic E-state index is 11.4. The topological polar surface area (TPSA) is 57.8 Å². The molecule has 3 heterocycles. The van der Waals surface area contributed by atoms with Crippen molar-refractivity contribution in [3.05, 3.63) is 35.9 Å². The highest BCUT2D eigenvalue weighted by Crippen LogP contribution is 2.26. The summed E-state index contributed by atoms with van der Waals surface area (Å²) in [6, 6.07) is 5.29. The number of carboxylic acid groups (broad SMARTS) is 1. The number of nitrogens with zero attached hydrogens (tertiary/aromatic N) is 3. The summed E-state index contributed by atoms with van der Waals surface area (Å²) in [7, 11) is 2.10. The van der Waals surface area contributed by atoms with E-state index in [4.69, 9.17) is 0 Å². The Morgan fingerprint density at radius 3 is 3.05 bits per heavy atom. The second kappa shape index (κ2) is 4.66. The Bertz CT molecular complexity index is 620. The maximum Gasteiger partial charge on any atom is 0.352 e. The minimum absolute atomic E-state index is 0.290. The molecule has 1 aliphatic heterocycles. The van der Waals surface area contributed by atoms with Crippen LogP contribution >= 0.6 is 0 Å². The van der Waals surface area contributed by atoms with Gasteiger partial charge in [-0.3, -0.25) is 4.40 Å². The number of rotatable bonds is 2. The van der Waals surface area contributed by atoms with Crippen LogP contribution in [0.1, 0.15) is 35.1 Å². The number of carboxylic acids is 1. The van der Waals surface area contributed by atoms with Crippen molar-refractivity contribution in [3.63, 3.8) is 0 Å². The van der Waals surface area contributed by atoms with E-state index in [0.717, 1.165) is 37.3 Å². The van der Waals surface area contributed by atoms with Gasteiger partial charge in [0, 0.05) is 12.5 Å². The summed E-state index contributed by atoms with van der Waals surface area (Å²) in [5, 5.41) is 9.32. The monoisotopic (exact) mass is 259 g/mol. The minimum Gasteiger partial charge on any atom is -0.477 e. The van der Waals surface area contributed by atoms with E-state index < -0.39 is 5.97 Å². The molecule has 2 aromatic heterocycles. The second-order valence-corrected chi connectivity index (χ2v) is 5.19. The van der Waals surface area contributed by atoms with Crippen molar-refractivity contribution in [2.45, 2.75) is 18.8 Å². The lowest BCUT2D eigenvalue weighted by molar-refractivity contribution is 0.0688. The SMILES string of the molecule is CN1CCCC(c2ncc3cccc(C(=O)O)n23)C1. The van der Waals surface area contributed by atoms with Crippen LogP contribution in [0.25, 0.3) is 5.52 Å². The van der Waals surface area contributed by atoms with E-state index in [2.05, 4.69) is 16.9 Å². The standard InChI is InChI=1S/C14H17N3O2/c1-16-7-3-4-10(9-16)13-15-8-11-5-2-6-12(14(18)19)17(11)13/h2,5-6,8,10H,3-4,7,9H2,1H3,(H,18,19). The lowest BCUT2D eigenvalue weighted by atomic mass is 9.97. The fourth-order valence-corrected chi connectivity index (χ4v) is 2.90. The van der Waals surface area contributed by atoms with Gasteiger partial charge in [0.25, 0.3) is 0 Å². The van der Waals surface area contributed by atoms with Crippen molar-refractivity contribution < 1.29 is 9.90 Å². The van der Waals surface area contributed by atoms with Crippen LogP contribution in [0.5, 0.6) is 0 Å². The van der Waals surface area contributed by atoms with Gasteiger partial charge in [0.2, 0.25) is 0 Å². The first kappa shape index (κ1) is 12.2. The molecule has 2 aromatic rings. The van der Waals surface area contributed by atoms with Crippen molar-refractivity contribution in [3.8, 4) is 0 Å². The summed E-state index contributed by atoms with van der Waals surface area (Å²) in [6.07, 6.45) is 3.96. The molecule has 1 fully saturated rings. The predicted molar refractivity (Wildman–Crippen MR) is 71.6 cm³/mol. The van der Waals surface area contributed by atoms with Crippen LogP contribution in [0.2, 0.25) is 0 Å². The number of fused-ring (bicyclic) bond motifs is 1. The van der Waals surface area contributed by atoms with Crippen LogP contribution in [0.15, 0.2) is 24.4 Å². The molecule has 0 radical (unpaired) electrons. The Balaban J connectivity index is 2.11. The van der Waals surface area contributed by atoms with E-state index >= 15 is 0 Å². The second-order valence-electron chi connectivity index (χ2n) is 5.19. The van der Waals surface area contributed by atoms with Gasteiger partial charge in [-0.15, -0.1) is 0 Å². The number of likely N-dealkylation sites (tertiary alicyclic amines) is 1. The number of pyridine rings is 1. The summed E-state index contributed by atoms with van der Waals surface area (Å²) in [5.74, 6) is 0.273. The number of hydrogen-bond acceptors (Lipinski definition) is 3. The first-order valence-electron chi connectivity index (χ1n) is 6.55. The van der Waals surface area contributed by atoms with Crippen molar-refractivity contribution in [2.75, 3.05) is 20.1 Å².